The van der Waals surface area contributed by atoms with Gasteiger partial charge in [0.15, 0.2) is 0 Å². The number of anilines is 1. The molecule has 1 atom stereocenters. The lowest BCUT2D eigenvalue weighted by Gasteiger charge is -2.34. The van der Waals surface area contributed by atoms with Crippen LogP contribution in [-0.2, 0) is 32.8 Å². The highest BCUT2D eigenvalue weighted by molar-refractivity contribution is 7.90. The second-order valence-electron chi connectivity index (χ2n) is 8.79. The van der Waals surface area contributed by atoms with Gasteiger partial charge in [-0.1, -0.05) is 71.7 Å². The summed E-state index contributed by atoms with van der Waals surface area (Å²) >= 11 is 12.8. The molecule has 0 radical (unpaired) electrons. The van der Waals surface area contributed by atoms with Crippen molar-refractivity contribution < 1.29 is 22.4 Å². The van der Waals surface area contributed by atoms with Crippen molar-refractivity contribution in [1.29, 1.82) is 0 Å². The molecule has 0 saturated carbocycles. The molecule has 3 rings (SSSR count). The summed E-state index contributed by atoms with van der Waals surface area (Å²) in [5, 5.41) is 3.11. The Morgan fingerprint density at radius 2 is 1.51 bits per heavy atom. The smallest absolute Gasteiger partial charge is 0.304 e. The number of nitrogens with one attached hydrogen (secondary N) is 1. The highest BCUT2D eigenvalue weighted by atomic mass is 35.5. The van der Waals surface area contributed by atoms with Crippen LogP contribution in [0.1, 0.15) is 11.1 Å². The van der Waals surface area contributed by atoms with Crippen LogP contribution in [0.5, 0.6) is 0 Å². The zero-order valence-electron chi connectivity index (χ0n) is 21.6. The number of carbonyl (C=O) groups is 2. The van der Waals surface area contributed by atoms with Crippen LogP contribution in [0.2, 0.25) is 10.0 Å². The number of hydrogen-bond donors (Lipinski definition) is 1. The maximum absolute atomic E-state index is 14.8. The number of likely N-dealkylation sites (N-methyl/N-ethyl adjacent to an activating group) is 1. The molecule has 1 unspecified atom stereocenters. The number of halogens is 3. The van der Waals surface area contributed by atoms with Crippen molar-refractivity contribution in [2.45, 2.75) is 19.0 Å². The lowest BCUT2D eigenvalue weighted by Crippen LogP contribution is -2.54. The van der Waals surface area contributed by atoms with Gasteiger partial charge in [0.25, 0.3) is 0 Å². The van der Waals surface area contributed by atoms with Gasteiger partial charge in [-0.25, -0.2) is 8.70 Å². The van der Waals surface area contributed by atoms with E-state index in [1.165, 1.54) is 44.2 Å². The van der Waals surface area contributed by atoms with Crippen molar-refractivity contribution in [2.75, 3.05) is 32.0 Å². The fourth-order valence-electron chi connectivity index (χ4n) is 3.93. The molecule has 0 fully saturated rings. The number of hydrogen-bond acceptors (Lipinski definition) is 4. The summed E-state index contributed by atoms with van der Waals surface area (Å²) in [6.45, 7) is -0.985. The molecule has 0 bridgehead atoms. The number of amides is 2. The van der Waals surface area contributed by atoms with Crippen LogP contribution in [0.15, 0.2) is 72.8 Å². The maximum Gasteiger partial charge on any atom is 0.304 e. The Labute approximate surface area is 238 Å². The second-order valence-corrected chi connectivity index (χ2v) is 11.7. The van der Waals surface area contributed by atoms with E-state index in [4.69, 9.17) is 23.2 Å². The fourth-order valence-corrected chi connectivity index (χ4v) is 5.51. The minimum Gasteiger partial charge on any atom is -0.357 e. The molecular weight excluding hydrogens is 566 g/mol. The standard InChI is InChI=1S/C27H29Cl2FN4O4S/c1-31-27(36)25(16-19-10-5-4-6-11-19)33(17-20-21(28)12-9-13-22(20)29)26(35)18-34(39(37,38)32(2)3)24-15-8-7-14-23(24)30/h4-15,25H,16-18H2,1-3H3,(H,31,36). The first-order chi connectivity index (χ1) is 18.5. The van der Waals surface area contributed by atoms with Gasteiger partial charge in [-0.3, -0.25) is 9.59 Å². The van der Waals surface area contributed by atoms with E-state index in [0.29, 0.717) is 9.87 Å². The highest BCUT2D eigenvalue weighted by Crippen LogP contribution is 2.28. The van der Waals surface area contributed by atoms with E-state index in [1.807, 2.05) is 18.2 Å². The van der Waals surface area contributed by atoms with Crippen molar-refractivity contribution in [3.63, 3.8) is 0 Å². The molecule has 0 spiro atoms. The third-order valence-electron chi connectivity index (χ3n) is 6.05. The number of carbonyl (C=O) groups excluding carboxylic acids is 2. The molecule has 0 aliphatic heterocycles. The lowest BCUT2D eigenvalue weighted by molar-refractivity contribution is -0.139. The molecule has 8 nitrogen and oxygen atoms in total. The van der Waals surface area contributed by atoms with Gasteiger partial charge >= 0.3 is 10.2 Å². The summed E-state index contributed by atoms with van der Waals surface area (Å²) in [5.74, 6) is -2.07. The van der Waals surface area contributed by atoms with Crippen LogP contribution in [0.25, 0.3) is 0 Å². The van der Waals surface area contributed by atoms with Gasteiger partial charge in [0.1, 0.15) is 18.4 Å². The first-order valence-corrected chi connectivity index (χ1v) is 14.0. The van der Waals surface area contributed by atoms with Gasteiger partial charge in [-0.05, 0) is 29.8 Å². The van der Waals surface area contributed by atoms with E-state index in [1.54, 1.807) is 30.3 Å². The van der Waals surface area contributed by atoms with Gasteiger partial charge in [0, 0.05) is 49.7 Å². The monoisotopic (exact) mass is 594 g/mol. The van der Waals surface area contributed by atoms with Gasteiger partial charge in [-0.2, -0.15) is 12.7 Å². The Kier molecular flexibility index (Phi) is 10.3. The molecule has 0 aliphatic carbocycles. The van der Waals surface area contributed by atoms with Crippen LogP contribution < -0.4 is 9.62 Å². The van der Waals surface area contributed by atoms with Crippen molar-refractivity contribution in [3.05, 3.63) is 99.8 Å². The molecule has 2 amide bonds. The van der Waals surface area contributed by atoms with E-state index in [-0.39, 0.29) is 28.7 Å². The normalized spacial score (nSPS) is 12.2. The van der Waals surface area contributed by atoms with Crippen molar-refractivity contribution >= 4 is 50.9 Å². The Bertz CT molecular complexity index is 1400. The molecule has 39 heavy (non-hydrogen) atoms. The topological polar surface area (TPSA) is 90.0 Å². The van der Waals surface area contributed by atoms with E-state index < -0.39 is 40.4 Å². The summed E-state index contributed by atoms with van der Waals surface area (Å²) < 4.78 is 42.9. The number of nitrogens with zero attached hydrogens (tertiary/aromatic N) is 3. The summed E-state index contributed by atoms with van der Waals surface area (Å²) in [7, 11) is -0.327. The summed E-state index contributed by atoms with van der Waals surface area (Å²) in [4.78, 5) is 28.4. The predicted molar refractivity (Wildman–Crippen MR) is 151 cm³/mol. The minimum absolute atomic E-state index is 0.119. The average Bonchev–Trinajstić information content (AvgIpc) is 2.91. The summed E-state index contributed by atoms with van der Waals surface area (Å²) in [6, 6.07) is 18.1. The fraction of sp³-hybridized carbons (Fsp3) is 0.259. The Balaban J connectivity index is 2.12. The molecule has 0 heterocycles. The van der Waals surface area contributed by atoms with Crippen LogP contribution in [0.4, 0.5) is 10.1 Å². The molecule has 3 aromatic rings. The summed E-state index contributed by atoms with van der Waals surface area (Å²) in [6.07, 6.45) is 0.119. The van der Waals surface area contributed by atoms with Crippen molar-refractivity contribution in [2.24, 2.45) is 0 Å². The Morgan fingerprint density at radius 1 is 0.923 bits per heavy atom. The molecular formula is C27H29Cl2FN4O4S. The number of benzene rings is 3. The van der Waals surface area contributed by atoms with E-state index in [0.717, 1.165) is 15.9 Å². The number of para-hydroxylation sites is 1. The maximum atomic E-state index is 14.8. The van der Waals surface area contributed by atoms with Gasteiger partial charge in [0.2, 0.25) is 11.8 Å². The van der Waals surface area contributed by atoms with Crippen molar-refractivity contribution in [3.8, 4) is 0 Å². The summed E-state index contributed by atoms with van der Waals surface area (Å²) in [5.41, 5.74) is 0.833. The lowest BCUT2D eigenvalue weighted by atomic mass is 10.0. The zero-order chi connectivity index (χ0) is 28.7. The quantitative estimate of drug-likeness (QED) is 0.361. The highest BCUT2D eigenvalue weighted by Gasteiger charge is 2.35. The largest absolute Gasteiger partial charge is 0.357 e. The van der Waals surface area contributed by atoms with Crippen LogP contribution in [0, 0.1) is 5.82 Å². The first kappa shape index (κ1) is 30.4. The molecule has 0 aromatic heterocycles. The van der Waals surface area contributed by atoms with E-state index >= 15 is 0 Å². The van der Waals surface area contributed by atoms with E-state index in [9.17, 15) is 22.4 Å². The van der Waals surface area contributed by atoms with Gasteiger partial charge < -0.3 is 10.2 Å². The predicted octanol–water partition coefficient (Wildman–Crippen LogP) is 4.13. The van der Waals surface area contributed by atoms with Crippen LogP contribution >= 0.6 is 23.2 Å². The third kappa shape index (κ3) is 7.27. The van der Waals surface area contributed by atoms with Crippen LogP contribution in [0.3, 0.4) is 0 Å². The Morgan fingerprint density at radius 3 is 2.08 bits per heavy atom. The van der Waals surface area contributed by atoms with Gasteiger partial charge in [0.05, 0.1) is 5.69 Å². The number of rotatable bonds is 11. The average molecular weight is 596 g/mol. The molecule has 0 saturated heterocycles. The van der Waals surface area contributed by atoms with E-state index in [2.05, 4.69) is 5.32 Å². The van der Waals surface area contributed by atoms with Crippen molar-refractivity contribution in [1.82, 2.24) is 14.5 Å². The Hall–Kier alpha value is -3.18. The van der Waals surface area contributed by atoms with Gasteiger partial charge in [-0.15, -0.1) is 0 Å². The minimum atomic E-state index is -4.32. The van der Waals surface area contributed by atoms with Crippen LogP contribution in [-0.4, -0.2) is 63.2 Å². The first-order valence-electron chi connectivity index (χ1n) is 11.9. The molecule has 0 aliphatic rings. The molecule has 3 aromatic carbocycles. The molecule has 1 N–H and O–H groups in total. The molecule has 208 valence electrons. The second kappa shape index (κ2) is 13.3. The SMILES string of the molecule is CNC(=O)C(Cc1ccccc1)N(Cc1c(Cl)cccc1Cl)C(=O)CN(c1ccccc1F)S(=O)(=O)N(C)C. The molecule has 12 heteroatoms. The third-order valence-corrected chi connectivity index (χ3v) is 8.56. The zero-order valence-corrected chi connectivity index (χ0v) is 24.0.